The summed E-state index contributed by atoms with van der Waals surface area (Å²) in [5, 5.41) is 0. The molecule has 2 fully saturated rings. The SMILES string of the molecule is COc1cnc(NS(=O)(=O)c2ccc(N3C(=O)C(OCc4ccccc4)C3C3COC(C)(C)O3)cc2)nc1. The second-order valence-electron chi connectivity index (χ2n) is 9.33. The second-order valence-corrected chi connectivity index (χ2v) is 11.0. The van der Waals surface area contributed by atoms with Crippen molar-refractivity contribution in [3.63, 3.8) is 0 Å². The van der Waals surface area contributed by atoms with Gasteiger partial charge in [0.05, 0.1) is 37.6 Å². The van der Waals surface area contributed by atoms with Crippen LogP contribution in [0.25, 0.3) is 0 Å². The lowest BCUT2D eigenvalue weighted by molar-refractivity contribution is -0.164. The number of rotatable bonds is 9. The maximum Gasteiger partial charge on any atom is 0.264 e. The molecule has 0 saturated carbocycles. The van der Waals surface area contributed by atoms with Gasteiger partial charge in [0, 0.05) is 5.69 Å². The van der Waals surface area contributed by atoms with Crippen molar-refractivity contribution in [1.29, 1.82) is 0 Å². The smallest absolute Gasteiger partial charge is 0.264 e. The topological polar surface area (TPSA) is 129 Å². The van der Waals surface area contributed by atoms with Gasteiger partial charge in [-0.25, -0.2) is 23.1 Å². The minimum absolute atomic E-state index is 0.0105. The number of β-lactam (4-membered cyclic amide) rings is 1. The van der Waals surface area contributed by atoms with Crippen LogP contribution in [0.5, 0.6) is 5.75 Å². The van der Waals surface area contributed by atoms with Crippen LogP contribution in [-0.2, 0) is 35.6 Å². The van der Waals surface area contributed by atoms with Gasteiger partial charge in [0.2, 0.25) is 5.95 Å². The van der Waals surface area contributed by atoms with Crippen LogP contribution >= 0.6 is 0 Å². The quantitative estimate of drug-likeness (QED) is 0.407. The van der Waals surface area contributed by atoms with E-state index in [0.717, 1.165) is 5.56 Å². The Bertz CT molecular complexity index is 1380. The molecule has 0 radical (unpaired) electrons. The van der Waals surface area contributed by atoms with Crippen LogP contribution in [0.15, 0.2) is 71.9 Å². The van der Waals surface area contributed by atoms with Crippen LogP contribution in [0.3, 0.4) is 0 Å². The first kappa shape index (κ1) is 26.0. The molecule has 0 spiro atoms. The Labute approximate surface area is 220 Å². The van der Waals surface area contributed by atoms with Gasteiger partial charge in [0.25, 0.3) is 15.9 Å². The Hall–Kier alpha value is -3.58. The largest absolute Gasteiger partial charge is 0.494 e. The number of ether oxygens (including phenoxy) is 4. The average Bonchev–Trinajstić information content (AvgIpc) is 3.27. The van der Waals surface area contributed by atoms with Gasteiger partial charge >= 0.3 is 0 Å². The maximum absolute atomic E-state index is 13.2. The molecule has 38 heavy (non-hydrogen) atoms. The number of nitrogens with one attached hydrogen (secondary N) is 1. The number of carbonyl (C=O) groups excluding carboxylic acids is 1. The zero-order valence-electron chi connectivity index (χ0n) is 21.1. The zero-order chi connectivity index (χ0) is 26.9. The lowest BCUT2D eigenvalue weighted by atomic mass is 9.91. The number of amides is 1. The van der Waals surface area contributed by atoms with Crippen LogP contribution in [0.2, 0.25) is 0 Å². The van der Waals surface area contributed by atoms with Gasteiger partial charge < -0.3 is 23.8 Å². The first-order valence-corrected chi connectivity index (χ1v) is 13.4. The van der Waals surface area contributed by atoms with Crippen LogP contribution in [0.1, 0.15) is 19.4 Å². The number of aromatic nitrogens is 2. The molecule has 0 aliphatic carbocycles. The van der Waals surface area contributed by atoms with Crippen LogP contribution < -0.4 is 14.4 Å². The Morgan fingerprint density at radius 2 is 1.76 bits per heavy atom. The Balaban J connectivity index is 1.33. The molecule has 5 rings (SSSR count). The highest BCUT2D eigenvalue weighted by Gasteiger charge is 2.56. The fourth-order valence-electron chi connectivity index (χ4n) is 4.40. The first-order chi connectivity index (χ1) is 18.2. The number of hydrogen-bond donors (Lipinski definition) is 1. The second kappa shape index (κ2) is 10.3. The Kier molecular flexibility index (Phi) is 7.05. The zero-order valence-corrected chi connectivity index (χ0v) is 21.9. The summed E-state index contributed by atoms with van der Waals surface area (Å²) >= 11 is 0. The molecule has 1 N–H and O–H groups in total. The van der Waals surface area contributed by atoms with E-state index in [9.17, 15) is 13.2 Å². The molecule has 3 atom stereocenters. The summed E-state index contributed by atoms with van der Waals surface area (Å²) in [5.41, 5.74) is 1.47. The summed E-state index contributed by atoms with van der Waals surface area (Å²) in [6.07, 6.45) is 1.57. The van der Waals surface area contributed by atoms with E-state index in [2.05, 4.69) is 14.7 Å². The van der Waals surface area contributed by atoms with E-state index in [1.165, 1.54) is 31.6 Å². The highest BCUT2D eigenvalue weighted by molar-refractivity contribution is 7.92. The standard InChI is InChI=1S/C26H28N4O7S/c1-26(2)36-16-21(37-26)22-23(35-15-17-7-5-4-6-8-17)24(31)30(22)18-9-11-20(12-10-18)38(32,33)29-25-27-13-19(34-3)14-28-25/h4-14,21-23H,15-16H2,1-3H3,(H,27,28,29). The number of anilines is 2. The van der Waals surface area contributed by atoms with E-state index in [4.69, 9.17) is 18.9 Å². The van der Waals surface area contributed by atoms with Gasteiger partial charge in [0.15, 0.2) is 17.6 Å². The predicted molar refractivity (Wildman–Crippen MR) is 137 cm³/mol. The molecule has 3 heterocycles. The van der Waals surface area contributed by atoms with Crippen molar-refractivity contribution in [3.8, 4) is 5.75 Å². The van der Waals surface area contributed by atoms with Crippen molar-refractivity contribution >= 4 is 27.6 Å². The highest BCUT2D eigenvalue weighted by atomic mass is 32.2. The summed E-state index contributed by atoms with van der Waals surface area (Å²) in [7, 11) is -2.50. The lowest BCUT2D eigenvalue weighted by Gasteiger charge is -2.48. The summed E-state index contributed by atoms with van der Waals surface area (Å²) in [4.78, 5) is 22.7. The lowest BCUT2D eigenvalue weighted by Crippen LogP contribution is -2.70. The van der Waals surface area contributed by atoms with Gasteiger partial charge in [0.1, 0.15) is 12.1 Å². The fraction of sp³-hybridized carbons (Fsp3) is 0.346. The van der Waals surface area contributed by atoms with Crippen molar-refractivity contribution in [3.05, 3.63) is 72.6 Å². The molecule has 2 aromatic carbocycles. The van der Waals surface area contributed by atoms with E-state index in [-0.39, 0.29) is 23.4 Å². The molecule has 2 aliphatic rings. The van der Waals surface area contributed by atoms with Crippen LogP contribution in [0.4, 0.5) is 11.6 Å². The number of hydrogen-bond acceptors (Lipinski definition) is 9. The molecular formula is C26H28N4O7S. The Morgan fingerprint density at radius 3 is 2.37 bits per heavy atom. The van der Waals surface area contributed by atoms with Gasteiger partial charge in [-0.2, -0.15) is 0 Å². The van der Waals surface area contributed by atoms with Crippen molar-refractivity contribution in [2.75, 3.05) is 23.3 Å². The van der Waals surface area contributed by atoms with E-state index in [1.54, 1.807) is 17.0 Å². The van der Waals surface area contributed by atoms with E-state index in [1.807, 2.05) is 44.2 Å². The van der Waals surface area contributed by atoms with E-state index in [0.29, 0.717) is 18.0 Å². The number of sulfonamides is 1. The van der Waals surface area contributed by atoms with E-state index >= 15 is 0 Å². The monoisotopic (exact) mass is 540 g/mol. The molecule has 200 valence electrons. The van der Waals surface area contributed by atoms with Crippen LogP contribution in [-0.4, -0.2) is 62.0 Å². The third kappa shape index (κ3) is 5.34. The third-order valence-corrected chi connectivity index (χ3v) is 7.63. The molecule has 11 nitrogen and oxygen atoms in total. The molecule has 1 amide bonds. The van der Waals surface area contributed by atoms with Crippen LogP contribution in [0, 0.1) is 0 Å². The number of nitrogens with zero attached hydrogens (tertiary/aromatic N) is 3. The summed E-state index contributed by atoms with van der Waals surface area (Å²) in [6, 6.07) is 15.1. The molecule has 3 unspecified atom stereocenters. The third-order valence-electron chi connectivity index (χ3n) is 6.29. The maximum atomic E-state index is 13.2. The van der Waals surface area contributed by atoms with Crippen molar-refractivity contribution in [2.45, 2.75) is 49.4 Å². The Morgan fingerprint density at radius 1 is 1.08 bits per heavy atom. The van der Waals surface area contributed by atoms with E-state index < -0.39 is 34.1 Å². The summed E-state index contributed by atoms with van der Waals surface area (Å²) in [6.45, 7) is 4.20. The fourth-order valence-corrected chi connectivity index (χ4v) is 5.36. The first-order valence-electron chi connectivity index (χ1n) is 12.0. The molecule has 2 aliphatic heterocycles. The van der Waals surface area contributed by atoms with Crippen molar-refractivity contribution in [2.24, 2.45) is 0 Å². The molecular weight excluding hydrogens is 512 g/mol. The molecule has 3 aromatic rings. The predicted octanol–water partition coefficient (Wildman–Crippen LogP) is 2.74. The van der Waals surface area contributed by atoms with Gasteiger partial charge in [-0.05, 0) is 43.7 Å². The average molecular weight is 541 g/mol. The minimum Gasteiger partial charge on any atom is -0.494 e. The molecule has 1 aromatic heterocycles. The highest BCUT2D eigenvalue weighted by Crippen LogP contribution is 2.38. The minimum atomic E-state index is -3.96. The number of benzene rings is 2. The van der Waals surface area contributed by atoms with Gasteiger partial charge in [-0.15, -0.1) is 0 Å². The normalized spacial score (nSPS) is 22.7. The van der Waals surface area contributed by atoms with Gasteiger partial charge in [-0.1, -0.05) is 30.3 Å². The number of carbonyl (C=O) groups is 1. The summed E-state index contributed by atoms with van der Waals surface area (Å²) < 4.78 is 50.9. The molecule has 2 saturated heterocycles. The van der Waals surface area contributed by atoms with Crippen molar-refractivity contribution in [1.82, 2.24) is 9.97 Å². The number of methoxy groups -OCH3 is 1. The van der Waals surface area contributed by atoms with Crippen molar-refractivity contribution < 1.29 is 32.2 Å². The summed E-state index contributed by atoms with van der Waals surface area (Å²) in [5.74, 6) is -0.712. The molecule has 0 bridgehead atoms. The van der Waals surface area contributed by atoms with Gasteiger partial charge in [-0.3, -0.25) is 4.79 Å². The molecule has 12 heteroatoms.